The van der Waals surface area contributed by atoms with Crippen LogP contribution in [0.3, 0.4) is 0 Å². The van der Waals surface area contributed by atoms with Crippen LogP contribution in [-0.2, 0) is 10.2 Å². The molecule has 6 nitrogen and oxygen atoms in total. The fourth-order valence-corrected chi connectivity index (χ4v) is 6.02. The summed E-state index contributed by atoms with van der Waals surface area (Å²) in [6.45, 7) is 3.09. The Balaban J connectivity index is 1.11. The van der Waals surface area contributed by atoms with E-state index in [0.29, 0.717) is 50.7 Å². The van der Waals surface area contributed by atoms with Crippen LogP contribution in [0.25, 0.3) is 6.08 Å². The average Bonchev–Trinajstić information content (AvgIpc) is 3.23. The smallest absolute Gasteiger partial charge is 0.246 e. The molecule has 2 N–H and O–H groups in total. The van der Waals surface area contributed by atoms with E-state index in [0.717, 1.165) is 30.3 Å². The summed E-state index contributed by atoms with van der Waals surface area (Å²) >= 11 is 6.09. The molecule has 3 aliphatic heterocycles. The number of β-amino-alcohol motifs (C(OH)–C–C–N with tert-alkyl or cyclic N) is 2. The SMILES string of the molecule is O=C(/C=C/c1cc(F)cc(F)c1)N1CCC([C@H](O)CN2CC[C@]3(COc4cc(Cl)ccc43)[C@H](O)C2)CC1. The maximum absolute atomic E-state index is 13.3. The van der Waals surface area contributed by atoms with Crippen LogP contribution in [-0.4, -0.2) is 77.5 Å². The van der Waals surface area contributed by atoms with Gasteiger partial charge in [0.15, 0.2) is 0 Å². The summed E-state index contributed by atoms with van der Waals surface area (Å²) in [5.41, 5.74) is 0.842. The Bertz CT molecular complexity index is 1170. The molecule has 3 aliphatic rings. The minimum absolute atomic E-state index is 0.0519. The van der Waals surface area contributed by atoms with Gasteiger partial charge in [-0.25, -0.2) is 8.78 Å². The van der Waals surface area contributed by atoms with E-state index in [2.05, 4.69) is 4.90 Å². The number of carbonyl (C=O) groups excluding carboxylic acids is 1. The number of likely N-dealkylation sites (tertiary alicyclic amines) is 2. The zero-order valence-corrected chi connectivity index (χ0v) is 21.2. The van der Waals surface area contributed by atoms with Crippen molar-refractivity contribution in [3.63, 3.8) is 0 Å². The molecule has 0 unspecified atom stereocenters. The fraction of sp³-hybridized carbons (Fsp3) is 0.464. The van der Waals surface area contributed by atoms with Crippen molar-refractivity contribution in [3.05, 3.63) is 70.3 Å². The highest BCUT2D eigenvalue weighted by atomic mass is 35.5. The van der Waals surface area contributed by atoms with Crippen LogP contribution < -0.4 is 4.74 Å². The molecule has 0 aliphatic carbocycles. The lowest BCUT2D eigenvalue weighted by Gasteiger charge is -2.44. The largest absolute Gasteiger partial charge is 0.492 e. The number of fused-ring (bicyclic) bond motifs is 2. The molecule has 2 aromatic carbocycles. The summed E-state index contributed by atoms with van der Waals surface area (Å²) in [6, 6.07) is 8.69. The van der Waals surface area contributed by atoms with E-state index in [1.165, 1.54) is 24.3 Å². The number of hydrogen-bond acceptors (Lipinski definition) is 5. The zero-order valence-electron chi connectivity index (χ0n) is 20.5. The Hall–Kier alpha value is -2.52. The molecule has 3 heterocycles. The van der Waals surface area contributed by atoms with Gasteiger partial charge in [0.05, 0.1) is 17.6 Å². The van der Waals surface area contributed by atoms with Gasteiger partial charge in [0, 0.05) is 48.9 Å². The standard InChI is InChI=1S/C28H31ClF2N2O4/c29-20-2-3-23-25(13-20)37-17-28(23)7-10-32(16-26(28)35)15-24(34)19-5-8-33(9-6-19)27(36)4-1-18-11-21(30)14-22(31)12-18/h1-4,11-14,19,24,26,34-35H,5-10,15-17H2/b4-1+/t24-,26-,28-/m1/s1. The molecule has 198 valence electrons. The molecule has 0 radical (unpaired) electrons. The molecule has 37 heavy (non-hydrogen) atoms. The Kier molecular flexibility index (Phi) is 7.54. The lowest BCUT2D eigenvalue weighted by molar-refractivity contribution is -0.128. The van der Waals surface area contributed by atoms with Crippen LogP contribution in [0.5, 0.6) is 5.75 Å². The maximum Gasteiger partial charge on any atom is 0.246 e. The van der Waals surface area contributed by atoms with Gasteiger partial charge < -0.3 is 19.8 Å². The summed E-state index contributed by atoms with van der Waals surface area (Å²) in [6.07, 6.45) is 3.62. The van der Waals surface area contributed by atoms with Gasteiger partial charge >= 0.3 is 0 Å². The Morgan fingerprint density at radius 1 is 1.16 bits per heavy atom. The van der Waals surface area contributed by atoms with Crippen LogP contribution >= 0.6 is 11.6 Å². The van der Waals surface area contributed by atoms with E-state index in [1.54, 1.807) is 11.0 Å². The number of amides is 1. The topological polar surface area (TPSA) is 73.2 Å². The molecule has 1 spiro atoms. The third-order valence-corrected chi connectivity index (χ3v) is 8.29. The van der Waals surface area contributed by atoms with Crippen molar-refractivity contribution < 1.29 is 28.5 Å². The maximum atomic E-state index is 13.3. The number of rotatable bonds is 5. The van der Waals surface area contributed by atoms with Crippen molar-refractivity contribution in [1.29, 1.82) is 0 Å². The van der Waals surface area contributed by atoms with Crippen LogP contribution in [0.15, 0.2) is 42.5 Å². The number of benzene rings is 2. The highest BCUT2D eigenvalue weighted by molar-refractivity contribution is 6.30. The summed E-state index contributed by atoms with van der Waals surface area (Å²) in [5, 5.41) is 22.6. The molecule has 0 bridgehead atoms. The van der Waals surface area contributed by atoms with E-state index in [4.69, 9.17) is 16.3 Å². The third-order valence-electron chi connectivity index (χ3n) is 8.05. The number of aliphatic hydroxyl groups excluding tert-OH is 2. The lowest BCUT2D eigenvalue weighted by atomic mass is 9.72. The highest BCUT2D eigenvalue weighted by Crippen LogP contribution is 2.46. The van der Waals surface area contributed by atoms with Crippen molar-refractivity contribution in [2.24, 2.45) is 5.92 Å². The Morgan fingerprint density at radius 2 is 1.89 bits per heavy atom. The summed E-state index contributed by atoms with van der Waals surface area (Å²) < 4.78 is 32.5. The quantitative estimate of drug-likeness (QED) is 0.575. The number of hydrogen-bond donors (Lipinski definition) is 2. The molecule has 2 aromatic rings. The predicted octanol–water partition coefficient (Wildman–Crippen LogP) is 3.63. The van der Waals surface area contributed by atoms with Crippen molar-refractivity contribution >= 4 is 23.6 Å². The van der Waals surface area contributed by atoms with E-state index in [1.807, 2.05) is 12.1 Å². The number of piperidine rings is 2. The molecule has 0 aromatic heterocycles. The molecule has 1 amide bonds. The molecule has 0 saturated carbocycles. The predicted molar refractivity (Wildman–Crippen MR) is 136 cm³/mol. The van der Waals surface area contributed by atoms with E-state index < -0.39 is 29.3 Å². The number of ether oxygens (including phenoxy) is 1. The zero-order chi connectivity index (χ0) is 26.2. The lowest BCUT2D eigenvalue weighted by Crippen LogP contribution is -2.56. The molecular weight excluding hydrogens is 502 g/mol. The molecule has 2 saturated heterocycles. The minimum atomic E-state index is -0.690. The van der Waals surface area contributed by atoms with Gasteiger partial charge in [-0.05, 0) is 67.6 Å². The molecule has 5 rings (SSSR count). The molecule has 9 heteroatoms. The fourth-order valence-electron chi connectivity index (χ4n) is 5.86. The Morgan fingerprint density at radius 3 is 2.59 bits per heavy atom. The second kappa shape index (κ2) is 10.7. The van der Waals surface area contributed by atoms with Crippen LogP contribution in [0, 0.1) is 17.6 Å². The van der Waals surface area contributed by atoms with Crippen molar-refractivity contribution in [2.75, 3.05) is 39.3 Å². The van der Waals surface area contributed by atoms with Gasteiger partial charge in [-0.1, -0.05) is 17.7 Å². The van der Waals surface area contributed by atoms with Gasteiger partial charge in [-0.2, -0.15) is 0 Å². The number of aliphatic hydroxyl groups is 2. The summed E-state index contributed by atoms with van der Waals surface area (Å²) in [4.78, 5) is 16.3. The molecule has 2 fully saturated rings. The Labute approximate surface area is 220 Å². The second-order valence-corrected chi connectivity index (χ2v) is 10.8. The van der Waals surface area contributed by atoms with Gasteiger partial charge in [-0.15, -0.1) is 0 Å². The summed E-state index contributed by atoms with van der Waals surface area (Å²) in [7, 11) is 0. The van der Waals surface area contributed by atoms with Crippen LogP contribution in [0.2, 0.25) is 5.02 Å². The van der Waals surface area contributed by atoms with E-state index >= 15 is 0 Å². The normalized spacial score (nSPS) is 25.4. The first-order chi connectivity index (χ1) is 17.7. The number of halogens is 3. The second-order valence-electron chi connectivity index (χ2n) is 10.4. The van der Waals surface area contributed by atoms with Crippen LogP contribution in [0.4, 0.5) is 8.78 Å². The van der Waals surface area contributed by atoms with Crippen molar-refractivity contribution in [3.8, 4) is 5.75 Å². The van der Waals surface area contributed by atoms with Gasteiger partial charge in [0.25, 0.3) is 0 Å². The first kappa shape index (κ1) is 26.1. The first-order valence-electron chi connectivity index (χ1n) is 12.7. The summed E-state index contributed by atoms with van der Waals surface area (Å²) in [5.74, 6) is -0.813. The van der Waals surface area contributed by atoms with Crippen molar-refractivity contribution in [2.45, 2.75) is 36.9 Å². The molecular formula is C28H31ClF2N2O4. The highest BCUT2D eigenvalue weighted by Gasteiger charge is 2.49. The van der Waals surface area contributed by atoms with E-state index in [-0.39, 0.29) is 17.4 Å². The third kappa shape index (κ3) is 5.53. The van der Waals surface area contributed by atoms with Crippen molar-refractivity contribution in [1.82, 2.24) is 9.80 Å². The number of nitrogens with zero attached hydrogens (tertiary/aromatic N) is 2. The first-order valence-corrected chi connectivity index (χ1v) is 13.1. The van der Waals surface area contributed by atoms with Crippen LogP contribution in [0.1, 0.15) is 30.4 Å². The number of carbonyl (C=O) groups is 1. The monoisotopic (exact) mass is 532 g/mol. The average molecular weight is 533 g/mol. The van der Waals surface area contributed by atoms with Gasteiger partial charge in [0.2, 0.25) is 5.91 Å². The van der Waals surface area contributed by atoms with E-state index in [9.17, 15) is 23.8 Å². The minimum Gasteiger partial charge on any atom is -0.492 e. The van der Waals surface area contributed by atoms with Gasteiger partial charge in [0.1, 0.15) is 24.0 Å². The molecule has 3 atom stereocenters. The van der Waals surface area contributed by atoms with Gasteiger partial charge in [-0.3, -0.25) is 9.69 Å².